The normalized spacial score (nSPS) is 18.6. The molecule has 0 bridgehead atoms. The molecule has 0 radical (unpaired) electrons. The zero-order valence-corrected chi connectivity index (χ0v) is 4.51. The summed E-state index contributed by atoms with van der Waals surface area (Å²) in [7, 11) is 0. The Labute approximate surface area is 46.9 Å². The van der Waals surface area contributed by atoms with E-state index >= 15 is 0 Å². The maximum atomic E-state index is 10.2. The number of hydrogen-bond donors (Lipinski definition) is 0. The van der Waals surface area contributed by atoms with E-state index in [2.05, 4.69) is 4.74 Å². The fourth-order valence-corrected chi connectivity index (χ4v) is 0.390. The Morgan fingerprint density at radius 1 is 1.75 bits per heavy atom. The topological polar surface area (TPSA) is 35.5 Å². The van der Waals surface area contributed by atoms with Gasteiger partial charge in [-0.25, -0.2) is 4.79 Å². The molecule has 0 spiro atoms. The highest BCUT2D eigenvalue weighted by molar-refractivity contribution is 5.72. The number of rotatable bonds is 0. The Bertz CT molecular complexity index is 137. The van der Waals surface area contributed by atoms with E-state index in [-0.39, 0.29) is 12.6 Å². The second-order valence-corrected chi connectivity index (χ2v) is 1.51. The Morgan fingerprint density at radius 2 is 2.50 bits per heavy atom. The highest BCUT2D eigenvalue weighted by Crippen LogP contribution is 2.01. The van der Waals surface area contributed by atoms with Crippen LogP contribution < -0.4 is 0 Å². The van der Waals surface area contributed by atoms with Crippen LogP contribution in [0.15, 0.2) is 12.0 Å². The van der Waals surface area contributed by atoms with Crippen molar-refractivity contribution in [2.24, 2.45) is 0 Å². The maximum Gasteiger partial charge on any atom is 0.349 e. The van der Waals surface area contributed by atoms with E-state index in [1.165, 1.54) is 6.26 Å². The van der Waals surface area contributed by atoms with Gasteiger partial charge in [0.15, 0.2) is 6.61 Å². The van der Waals surface area contributed by atoms with Crippen LogP contribution in [0.1, 0.15) is 6.92 Å². The largest absolute Gasteiger partial charge is 0.483 e. The van der Waals surface area contributed by atoms with Crippen LogP contribution in [0.25, 0.3) is 0 Å². The molecule has 0 atom stereocenters. The quantitative estimate of drug-likeness (QED) is 0.428. The minimum absolute atomic E-state index is 0.0440. The van der Waals surface area contributed by atoms with Crippen LogP contribution in [0.5, 0.6) is 0 Å². The number of cyclic esters (lactones) is 1. The summed E-state index contributed by atoms with van der Waals surface area (Å²) in [5, 5.41) is 0. The van der Waals surface area contributed by atoms with Crippen LogP contribution in [0.4, 0.5) is 0 Å². The number of carbonyl (C=O) groups excluding carboxylic acids is 1. The monoisotopic (exact) mass is 114 g/mol. The van der Waals surface area contributed by atoms with E-state index in [0.29, 0.717) is 5.76 Å². The van der Waals surface area contributed by atoms with Gasteiger partial charge < -0.3 is 9.47 Å². The van der Waals surface area contributed by atoms with Crippen molar-refractivity contribution < 1.29 is 14.3 Å². The second-order valence-electron chi connectivity index (χ2n) is 1.51. The first-order valence-electron chi connectivity index (χ1n) is 2.28. The molecule has 0 unspecified atom stereocenters. The zero-order valence-electron chi connectivity index (χ0n) is 4.51. The van der Waals surface area contributed by atoms with Gasteiger partial charge in [-0.2, -0.15) is 0 Å². The average molecular weight is 114 g/mol. The van der Waals surface area contributed by atoms with Crippen LogP contribution in [-0.4, -0.2) is 12.6 Å². The standard InChI is InChI=1S/C5H6O3/c1-4-2-8-5(6)3-7-4/h2H,3H2,1H3. The van der Waals surface area contributed by atoms with E-state index in [9.17, 15) is 4.79 Å². The molecule has 0 saturated carbocycles. The SMILES string of the molecule is CC1=COC(=O)CO1. The van der Waals surface area contributed by atoms with E-state index in [1.807, 2.05) is 0 Å². The molecule has 3 heteroatoms. The first kappa shape index (κ1) is 5.15. The average Bonchev–Trinajstić information content (AvgIpc) is 1.77. The molecule has 1 heterocycles. The van der Waals surface area contributed by atoms with Crippen LogP contribution >= 0.6 is 0 Å². The number of ether oxygens (including phenoxy) is 2. The van der Waals surface area contributed by atoms with Crippen molar-refractivity contribution in [1.29, 1.82) is 0 Å². The molecule has 1 rings (SSSR count). The third-order valence-corrected chi connectivity index (χ3v) is 0.774. The van der Waals surface area contributed by atoms with Crippen molar-refractivity contribution in [3.05, 3.63) is 12.0 Å². The van der Waals surface area contributed by atoms with Gasteiger partial charge in [-0.15, -0.1) is 0 Å². The summed E-state index contributed by atoms with van der Waals surface area (Å²) in [6, 6.07) is 0. The van der Waals surface area contributed by atoms with Crippen molar-refractivity contribution in [3.63, 3.8) is 0 Å². The lowest BCUT2D eigenvalue weighted by Gasteiger charge is -2.09. The number of allylic oxidation sites excluding steroid dienone is 1. The lowest BCUT2D eigenvalue weighted by Crippen LogP contribution is -2.13. The fourth-order valence-electron chi connectivity index (χ4n) is 0.390. The van der Waals surface area contributed by atoms with Gasteiger partial charge in [0, 0.05) is 0 Å². The van der Waals surface area contributed by atoms with Crippen LogP contribution in [-0.2, 0) is 14.3 Å². The molecule has 0 aliphatic carbocycles. The van der Waals surface area contributed by atoms with E-state index in [1.54, 1.807) is 6.92 Å². The highest BCUT2D eigenvalue weighted by Gasteiger charge is 2.07. The van der Waals surface area contributed by atoms with E-state index in [4.69, 9.17) is 4.74 Å². The van der Waals surface area contributed by atoms with Gasteiger partial charge in [-0.05, 0) is 6.92 Å². The minimum atomic E-state index is -0.337. The second kappa shape index (κ2) is 1.86. The Balaban J connectivity index is 2.55. The molecule has 0 saturated heterocycles. The molecule has 1 aliphatic rings. The van der Waals surface area contributed by atoms with Crippen molar-refractivity contribution in [1.82, 2.24) is 0 Å². The van der Waals surface area contributed by atoms with Gasteiger partial charge >= 0.3 is 5.97 Å². The van der Waals surface area contributed by atoms with E-state index in [0.717, 1.165) is 0 Å². The summed E-state index contributed by atoms with van der Waals surface area (Å²) in [4.78, 5) is 10.2. The predicted octanol–water partition coefficient (Wildman–Crippen LogP) is 0.421. The fraction of sp³-hybridized carbons (Fsp3) is 0.400. The molecule has 3 nitrogen and oxygen atoms in total. The van der Waals surface area contributed by atoms with Gasteiger partial charge in [0.05, 0.1) is 0 Å². The Kier molecular flexibility index (Phi) is 1.20. The zero-order chi connectivity index (χ0) is 5.98. The van der Waals surface area contributed by atoms with Crippen molar-refractivity contribution >= 4 is 5.97 Å². The molecular formula is C5H6O3. The lowest BCUT2D eigenvalue weighted by molar-refractivity contribution is -0.145. The molecule has 0 aromatic carbocycles. The third kappa shape index (κ3) is 0.992. The van der Waals surface area contributed by atoms with E-state index < -0.39 is 0 Å². The van der Waals surface area contributed by atoms with Crippen LogP contribution in [0.3, 0.4) is 0 Å². The molecule has 0 aromatic heterocycles. The summed E-state index contributed by atoms with van der Waals surface area (Å²) in [5.74, 6) is 0.306. The third-order valence-electron chi connectivity index (χ3n) is 0.774. The van der Waals surface area contributed by atoms with Gasteiger partial charge in [0.1, 0.15) is 12.0 Å². The van der Waals surface area contributed by atoms with Gasteiger partial charge in [0.2, 0.25) is 0 Å². The summed E-state index contributed by atoms with van der Waals surface area (Å²) in [5.41, 5.74) is 0. The maximum absolute atomic E-state index is 10.2. The molecule has 8 heavy (non-hydrogen) atoms. The lowest BCUT2D eigenvalue weighted by atomic mass is 10.6. The summed E-state index contributed by atoms with van der Waals surface area (Å²) in [6.07, 6.45) is 1.30. The van der Waals surface area contributed by atoms with Crippen LogP contribution in [0.2, 0.25) is 0 Å². The van der Waals surface area contributed by atoms with Gasteiger partial charge in [-0.1, -0.05) is 0 Å². The van der Waals surface area contributed by atoms with Crippen molar-refractivity contribution in [2.75, 3.05) is 6.61 Å². The van der Waals surface area contributed by atoms with Crippen LogP contribution in [0, 0.1) is 0 Å². The van der Waals surface area contributed by atoms with Crippen molar-refractivity contribution in [2.45, 2.75) is 6.92 Å². The molecule has 0 amide bonds. The molecule has 44 valence electrons. The first-order valence-corrected chi connectivity index (χ1v) is 2.28. The molecule has 0 aromatic rings. The van der Waals surface area contributed by atoms with Crippen molar-refractivity contribution in [3.8, 4) is 0 Å². The smallest absolute Gasteiger partial charge is 0.349 e. The predicted molar refractivity (Wildman–Crippen MR) is 25.8 cm³/mol. The number of esters is 1. The molecular weight excluding hydrogens is 108 g/mol. The summed E-state index contributed by atoms with van der Waals surface area (Å²) >= 11 is 0. The van der Waals surface area contributed by atoms with Gasteiger partial charge in [-0.3, -0.25) is 0 Å². The Hall–Kier alpha value is -0.990. The Morgan fingerprint density at radius 3 is 2.88 bits per heavy atom. The molecule has 0 N–H and O–H groups in total. The first-order chi connectivity index (χ1) is 3.79. The highest BCUT2D eigenvalue weighted by atomic mass is 16.6. The number of hydrogen-bond acceptors (Lipinski definition) is 3. The summed E-state index contributed by atoms with van der Waals surface area (Å²) in [6.45, 7) is 1.77. The minimum Gasteiger partial charge on any atom is -0.483 e. The number of carbonyl (C=O) groups is 1. The molecule has 0 fully saturated rings. The van der Waals surface area contributed by atoms with Gasteiger partial charge in [0.25, 0.3) is 0 Å². The molecule has 1 aliphatic heterocycles. The summed E-state index contributed by atoms with van der Waals surface area (Å²) < 4.78 is 9.24.